The molecule has 3 nitrogen and oxygen atoms in total. The van der Waals surface area contributed by atoms with Gasteiger partial charge in [0.1, 0.15) is 11.5 Å². The monoisotopic (exact) mass is 205 g/mol. The summed E-state index contributed by atoms with van der Waals surface area (Å²) in [5.41, 5.74) is 2.84. The summed E-state index contributed by atoms with van der Waals surface area (Å²) < 4.78 is 0. The van der Waals surface area contributed by atoms with Crippen molar-refractivity contribution in [2.24, 2.45) is 0 Å². The normalized spacial score (nSPS) is 10.4. The number of hydrogen-bond donors (Lipinski definition) is 2. The maximum Gasteiger partial charge on any atom is 0.116 e. The summed E-state index contributed by atoms with van der Waals surface area (Å²) in [5, 5.41) is 0. The fraction of sp³-hybridized carbons (Fsp3) is 0.200. The molecule has 0 aliphatic heterocycles. The Morgan fingerprint density at radius 3 is 2.86 bits per heavy atom. The van der Waals surface area contributed by atoms with E-state index in [9.17, 15) is 0 Å². The maximum atomic E-state index is 4.40. The summed E-state index contributed by atoms with van der Waals surface area (Å²) in [4.78, 5) is 11.8. The van der Waals surface area contributed by atoms with Crippen LogP contribution in [0.1, 0.15) is 11.5 Å². The third-order valence-corrected chi connectivity index (χ3v) is 2.29. The van der Waals surface area contributed by atoms with Crippen LogP contribution in [0.4, 0.5) is 0 Å². The average molecular weight is 205 g/mol. The zero-order valence-corrected chi connectivity index (χ0v) is 8.75. The average Bonchev–Trinajstić information content (AvgIpc) is 2.61. The van der Waals surface area contributed by atoms with Gasteiger partial charge in [-0.3, -0.25) is 4.98 Å². The summed E-state index contributed by atoms with van der Waals surface area (Å²) in [7, 11) is 0. The lowest BCUT2D eigenvalue weighted by molar-refractivity contribution is 1.11. The summed E-state index contributed by atoms with van der Waals surface area (Å²) in [5.74, 6) is 1.50. The van der Waals surface area contributed by atoms with E-state index in [4.69, 9.17) is 0 Å². The van der Waals surface area contributed by atoms with Crippen molar-refractivity contribution in [3.63, 3.8) is 0 Å². The predicted molar refractivity (Wildman–Crippen MR) is 59.2 cm³/mol. The highest BCUT2D eigenvalue weighted by molar-refractivity contribution is 7.79. The fourth-order valence-electron chi connectivity index (χ4n) is 1.35. The van der Waals surface area contributed by atoms with Crippen LogP contribution in [-0.2, 0) is 5.75 Å². The summed E-state index contributed by atoms with van der Waals surface area (Å²) >= 11 is 4.17. The van der Waals surface area contributed by atoms with Crippen molar-refractivity contribution in [1.82, 2.24) is 15.0 Å². The highest BCUT2D eigenvalue weighted by Crippen LogP contribution is 2.18. The minimum absolute atomic E-state index is 0.619. The first-order chi connectivity index (χ1) is 6.81. The molecule has 0 spiro atoms. The van der Waals surface area contributed by atoms with E-state index in [-0.39, 0.29) is 0 Å². The van der Waals surface area contributed by atoms with Crippen LogP contribution in [-0.4, -0.2) is 15.0 Å². The number of hydrogen-bond acceptors (Lipinski definition) is 3. The molecule has 0 aliphatic carbocycles. The molecule has 2 aromatic rings. The lowest BCUT2D eigenvalue weighted by Gasteiger charge is -1.95. The largest absolute Gasteiger partial charge is 0.345 e. The highest BCUT2D eigenvalue weighted by atomic mass is 32.1. The van der Waals surface area contributed by atoms with Crippen LogP contribution >= 0.6 is 12.6 Å². The molecule has 0 unspecified atom stereocenters. The minimum Gasteiger partial charge on any atom is -0.345 e. The van der Waals surface area contributed by atoms with Crippen molar-refractivity contribution >= 4 is 12.6 Å². The topological polar surface area (TPSA) is 41.6 Å². The van der Waals surface area contributed by atoms with E-state index in [1.54, 1.807) is 6.20 Å². The number of aromatic amines is 1. The second-order valence-corrected chi connectivity index (χ2v) is 3.35. The molecule has 0 radical (unpaired) electrons. The Morgan fingerprint density at radius 1 is 1.43 bits per heavy atom. The molecule has 0 saturated carbocycles. The molecule has 14 heavy (non-hydrogen) atoms. The number of aryl methyl sites for hydroxylation is 1. The zero-order chi connectivity index (χ0) is 9.97. The van der Waals surface area contributed by atoms with Crippen LogP contribution in [0.2, 0.25) is 0 Å². The van der Waals surface area contributed by atoms with Gasteiger partial charge in [0.05, 0.1) is 5.69 Å². The fourth-order valence-corrected chi connectivity index (χ4v) is 1.50. The molecular formula is C10H11N3S. The quantitative estimate of drug-likeness (QED) is 0.738. The van der Waals surface area contributed by atoms with Crippen molar-refractivity contribution in [2.75, 3.05) is 0 Å². The van der Waals surface area contributed by atoms with Gasteiger partial charge in [0, 0.05) is 17.6 Å². The Morgan fingerprint density at radius 2 is 2.29 bits per heavy atom. The Bertz CT molecular complexity index is 422. The van der Waals surface area contributed by atoms with Gasteiger partial charge in [0.2, 0.25) is 0 Å². The number of nitrogens with one attached hydrogen (secondary N) is 1. The molecule has 0 aliphatic rings. The lowest BCUT2D eigenvalue weighted by atomic mass is 10.2. The van der Waals surface area contributed by atoms with Gasteiger partial charge in [-0.1, -0.05) is 6.07 Å². The molecule has 2 rings (SSSR count). The number of rotatable bonds is 2. The van der Waals surface area contributed by atoms with Gasteiger partial charge in [0.25, 0.3) is 0 Å². The lowest BCUT2D eigenvalue weighted by Crippen LogP contribution is -1.84. The smallest absolute Gasteiger partial charge is 0.116 e. The Balaban J connectivity index is 2.46. The third-order valence-electron chi connectivity index (χ3n) is 1.99. The first kappa shape index (κ1) is 9.27. The number of pyridine rings is 1. The van der Waals surface area contributed by atoms with Gasteiger partial charge >= 0.3 is 0 Å². The molecule has 4 heteroatoms. The third kappa shape index (κ3) is 1.65. The molecule has 2 heterocycles. The van der Waals surface area contributed by atoms with Crippen LogP contribution in [0.5, 0.6) is 0 Å². The van der Waals surface area contributed by atoms with Gasteiger partial charge in [-0.2, -0.15) is 12.6 Å². The summed E-state index contributed by atoms with van der Waals surface area (Å²) in [6, 6.07) is 5.80. The minimum atomic E-state index is 0.619. The number of nitrogens with zero attached hydrogens (tertiary/aromatic N) is 2. The van der Waals surface area contributed by atoms with Crippen LogP contribution < -0.4 is 0 Å². The zero-order valence-electron chi connectivity index (χ0n) is 7.86. The molecule has 0 amide bonds. The van der Waals surface area contributed by atoms with Gasteiger partial charge in [-0.15, -0.1) is 0 Å². The first-order valence-corrected chi connectivity index (χ1v) is 5.02. The van der Waals surface area contributed by atoms with E-state index >= 15 is 0 Å². The van der Waals surface area contributed by atoms with E-state index < -0.39 is 0 Å². The number of thiol groups is 1. The standard InChI is InChI=1S/C10H11N3S/c1-7-10(13-9(6-14)12-7)8-4-2-3-5-11-8/h2-5,14H,6H2,1H3,(H,12,13). The van der Waals surface area contributed by atoms with Crippen LogP contribution in [0.25, 0.3) is 11.4 Å². The molecule has 0 atom stereocenters. The molecule has 72 valence electrons. The van der Waals surface area contributed by atoms with Gasteiger partial charge < -0.3 is 4.98 Å². The predicted octanol–water partition coefficient (Wildman–Crippen LogP) is 2.21. The van der Waals surface area contributed by atoms with Crippen molar-refractivity contribution in [3.8, 4) is 11.4 Å². The van der Waals surface area contributed by atoms with Crippen LogP contribution in [0.15, 0.2) is 24.4 Å². The van der Waals surface area contributed by atoms with Crippen molar-refractivity contribution in [3.05, 3.63) is 35.9 Å². The Kier molecular flexibility index (Phi) is 2.54. The van der Waals surface area contributed by atoms with Gasteiger partial charge in [0.15, 0.2) is 0 Å². The van der Waals surface area contributed by atoms with Crippen molar-refractivity contribution < 1.29 is 0 Å². The molecule has 2 aromatic heterocycles. The van der Waals surface area contributed by atoms with E-state index in [0.29, 0.717) is 5.75 Å². The van der Waals surface area contributed by atoms with E-state index in [0.717, 1.165) is 22.9 Å². The molecular weight excluding hydrogens is 194 g/mol. The van der Waals surface area contributed by atoms with E-state index in [2.05, 4.69) is 27.6 Å². The first-order valence-electron chi connectivity index (χ1n) is 4.39. The second-order valence-electron chi connectivity index (χ2n) is 3.03. The van der Waals surface area contributed by atoms with Crippen LogP contribution in [0, 0.1) is 6.92 Å². The summed E-state index contributed by atoms with van der Waals surface area (Å²) in [6.45, 7) is 1.99. The molecule has 0 aromatic carbocycles. The Labute approximate surface area is 88.0 Å². The van der Waals surface area contributed by atoms with Gasteiger partial charge in [-0.25, -0.2) is 4.98 Å². The molecule has 0 bridgehead atoms. The van der Waals surface area contributed by atoms with E-state index in [1.165, 1.54) is 0 Å². The van der Waals surface area contributed by atoms with Crippen LogP contribution in [0.3, 0.4) is 0 Å². The van der Waals surface area contributed by atoms with Crippen molar-refractivity contribution in [1.29, 1.82) is 0 Å². The second kappa shape index (κ2) is 3.84. The number of aromatic nitrogens is 3. The Hall–Kier alpha value is -1.29. The van der Waals surface area contributed by atoms with E-state index in [1.807, 2.05) is 25.1 Å². The molecule has 0 fully saturated rings. The van der Waals surface area contributed by atoms with Crippen molar-refractivity contribution in [2.45, 2.75) is 12.7 Å². The summed E-state index contributed by atoms with van der Waals surface area (Å²) in [6.07, 6.45) is 1.77. The SMILES string of the molecule is Cc1[nH]c(CS)nc1-c1ccccn1. The molecule has 1 N–H and O–H groups in total. The molecule has 0 saturated heterocycles. The number of H-pyrrole nitrogens is 1. The highest BCUT2D eigenvalue weighted by Gasteiger charge is 2.07. The number of imidazole rings is 1. The van der Waals surface area contributed by atoms with Gasteiger partial charge in [-0.05, 0) is 19.1 Å². The maximum absolute atomic E-state index is 4.40.